The number of benzene rings is 1. The average molecular weight is 316 g/mol. The molecule has 1 aromatic rings. The maximum Gasteiger partial charge on any atom is 0.238 e. The number of nitrogens with one attached hydrogen (secondary N) is 1. The first-order chi connectivity index (χ1) is 11.2. The van der Waals surface area contributed by atoms with Gasteiger partial charge in [-0.05, 0) is 49.8 Å². The van der Waals surface area contributed by atoms with Gasteiger partial charge in [-0.2, -0.15) is 0 Å². The first-order valence-electron chi connectivity index (χ1n) is 8.36. The van der Waals surface area contributed by atoms with Crippen LogP contribution in [0.5, 0.6) is 5.75 Å². The molecule has 1 N–H and O–H groups in total. The number of methoxy groups -OCH3 is 1. The summed E-state index contributed by atoms with van der Waals surface area (Å²) in [4.78, 5) is 27.1. The summed E-state index contributed by atoms with van der Waals surface area (Å²) in [6, 6.07) is 7.58. The Morgan fingerprint density at radius 1 is 1.13 bits per heavy atom. The van der Waals surface area contributed by atoms with E-state index in [9.17, 15) is 9.59 Å². The molecule has 1 heterocycles. The van der Waals surface area contributed by atoms with Crippen LogP contribution >= 0.6 is 0 Å². The number of hydrogen-bond acceptors (Lipinski definition) is 3. The molecule has 0 spiro atoms. The average Bonchev–Trinajstić information content (AvgIpc) is 3.42. The van der Waals surface area contributed by atoms with E-state index < -0.39 is 5.41 Å². The highest BCUT2D eigenvalue weighted by Gasteiger charge is 2.57. The highest BCUT2D eigenvalue weighted by Crippen LogP contribution is 2.47. The molecule has 2 amide bonds. The van der Waals surface area contributed by atoms with Gasteiger partial charge in [0.25, 0.3) is 0 Å². The van der Waals surface area contributed by atoms with E-state index in [-0.39, 0.29) is 11.8 Å². The third kappa shape index (κ3) is 3.33. The molecule has 124 valence electrons. The van der Waals surface area contributed by atoms with E-state index in [0.717, 1.165) is 37.2 Å². The maximum absolute atomic E-state index is 12.7. The first-order valence-corrected chi connectivity index (χ1v) is 8.36. The number of hydrogen-bond donors (Lipinski definition) is 1. The van der Waals surface area contributed by atoms with Crippen molar-refractivity contribution in [3.05, 3.63) is 29.8 Å². The van der Waals surface area contributed by atoms with Crippen molar-refractivity contribution in [2.24, 2.45) is 5.41 Å². The van der Waals surface area contributed by atoms with Crippen LogP contribution in [0.15, 0.2) is 24.3 Å². The molecule has 0 atom stereocenters. The van der Waals surface area contributed by atoms with Crippen molar-refractivity contribution in [3.63, 3.8) is 0 Å². The molecule has 0 aromatic heterocycles. The Hall–Kier alpha value is -2.04. The number of carbonyl (C=O) groups is 2. The minimum absolute atomic E-state index is 0.0319. The Bertz CT molecular complexity index is 572. The van der Waals surface area contributed by atoms with Crippen LogP contribution < -0.4 is 10.1 Å². The number of nitrogens with zero attached hydrogens (tertiary/aromatic N) is 1. The standard InChI is InChI=1S/C18H24N2O3/c1-23-15-7-5-14(6-8-15)13-19-16(21)18(9-10-18)17(22)20-11-3-2-4-12-20/h5-8H,2-4,9-13H2,1H3,(H,19,21). The topological polar surface area (TPSA) is 58.6 Å². The summed E-state index contributed by atoms with van der Waals surface area (Å²) < 4.78 is 5.12. The van der Waals surface area contributed by atoms with Gasteiger partial charge in [-0.15, -0.1) is 0 Å². The number of carbonyl (C=O) groups excluding carboxylic acids is 2. The second-order valence-electron chi connectivity index (χ2n) is 6.47. The lowest BCUT2D eigenvalue weighted by Gasteiger charge is -2.30. The van der Waals surface area contributed by atoms with E-state index in [4.69, 9.17) is 4.74 Å². The molecular formula is C18H24N2O3. The lowest BCUT2D eigenvalue weighted by molar-refractivity contribution is -0.145. The molecule has 5 heteroatoms. The van der Waals surface area contributed by atoms with Gasteiger partial charge < -0.3 is 15.0 Å². The smallest absolute Gasteiger partial charge is 0.238 e. The molecule has 2 fully saturated rings. The zero-order valence-electron chi connectivity index (χ0n) is 13.6. The van der Waals surface area contributed by atoms with Crippen LogP contribution in [0.2, 0.25) is 0 Å². The van der Waals surface area contributed by atoms with Crippen LogP contribution in [-0.2, 0) is 16.1 Å². The molecular weight excluding hydrogens is 292 g/mol. The molecule has 1 saturated heterocycles. The highest BCUT2D eigenvalue weighted by molar-refractivity contribution is 6.07. The molecule has 0 unspecified atom stereocenters. The van der Waals surface area contributed by atoms with Gasteiger partial charge in [-0.25, -0.2) is 0 Å². The van der Waals surface area contributed by atoms with Crippen molar-refractivity contribution < 1.29 is 14.3 Å². The third-order valence-electron chi connectivity index (χ3n) is 4.85. The van der Waals surface area contributed by atoms with E-state index in [1.807, 2.05) is 29.2 Å². The Kier molecular flexibility index (Phi) is 4.55. The number of amides is 2. The van der Waals surface area contributed by atoms with Crippen LogP contribution in [0.3, 0.4) is 0 Å². The van der Waals surface area contributed by atoms with Crippen LogP contribution in [0.1, 0.15) is 37.7 Å². The summed E-state index contributed by atoms with van der Waals surface area (Å²) in [5, 5.41) is 2.93. The van der Waals surface area contributed by atoms with Gasteiger partial charge in [-0.1, -0.05) is 12.1 Å². The Morgan fingerprint density at radius 3 is 2.35 bits per heavy atom. The van der Waals surface area contributed by atoms with Crippen LogP contribution in [0.25, 0.3) is 0 Å². The number of likely N-dealkylation sites (tertiary alicyclic amines) is 1. The Morgan fingerprint density at radius 2 is 1.78 bits per heavy atom. The summed E-state index contributed by atoms with van der Waals surface area (Å²) in [7, 11) is 1.62. The second-order valence-corrected chi connectivity index (χ2v) is 6.47. The van der Waals surface area contributed by atoms with E-state index in [1.165, 1.54) is 6.42 Å². The summed E-state index contributed by atoms with van der Waals surface area (Å²) in [6.45, 7) is 2.04. The van der Waals surface area contributed by atoms with Gasteiger partial charge in [-0.3, -0.25) is 9.59 Å². The van der Waals surface area contributed by atoms with Crippen molar-refractivity contribution in [2.45, 2.75) is 38.6 Å². The van der Waals surface area contributed by atoms with E-state index >= 15 is 0 Å². The molecule has 5 nitrogen and oxygen atoms in total. The molecule has 1 aliphatic carbocycles. The van der Waals surface area contributed by atoms with Crippen LogP contribution in [-0.4, -0.2) is 36.9 Å². The fourth-order valence-corrected chi connectivity index (χ4v) is 3.16. The van der Waals surface area contributed by atoms with Gasteiger partial charge in [0.15, 0.2) is 0 Å². The lowest BCUT2D eigenvalue weighted by atomic mass is 10.0. The Labute approximate surface area is 137 Å². The number of rotatable bonds is 5. The second kappa shape index (κ2) is 6.60. The fourth-order valence-electron chi connectivity index (χ4n) is 3.16. The summed E-state index contributed by atoms with van der Waals surface area (Å²) in [5.74, 6) is 0.701. The third-order valence-corrected chi connectivity index (χ3v) is 4.85. The highest BCUT2D eigenvalue weighted by atomic mass is 16.5. The van der Waals surface area contributed by atoms with E-state index in [0.29, 0.717) is 19.4 Å². The summed E-state index contributed by atoms with van der Waals surface area (Å²) >= 11 is 0. The normalized spacial score (nSPS) is 19.1. The van der Waals surface area contributed by atoms with Crippen molar-refractivity contribution in [2.75, 3.05) is 20.2 Å². The fraction of sp³-hybridized carbons (Fsp3) is 0.556. The van der Waals surface area contributed by atoms with Gasteiger partial charge in [0.2, 0.25) is 11.8 Å². The first kappa shape index (κ1) is 15.8. The molecule has 1 saturated carbocycles. The van der Waals surface area contributed by atoms with Crippen molar-refractivity contribution in [1.29, 1.82) is 0 Å². The molecule has 1 aromatic carbocycles. The lowest BCUT2D eigenvalue weighted by Crippen LogP contribution is -2.46. The molecule has 23 heavy (non-hydrogen) atoms. The number of piperidine rings is 1. The summed E-state index contributed by atoms with van der Waals surface area (Å²) in [6.07, 6.45) is 4.64. The summed E-state index contributed by atoms with van der Waals surface area (Å²) in [5.41, 5.74) is 0.212. The van der Waals surface area contributed by atoms with Gasteiger partial charge in [0, 0.05) is 19.6 Å². The van der Waals surface area contributed by atoms with Gasteiger partial charge in [0.1, 0.15) is 11.2 Å². The molecule has 1 aliphatic heterocycles. The molecule has 0 radical (unpaired) electrons. The van der Waals surface area contributed by atoms with Crippen molar-refractivity contribution in [1.82, 2.24) is 10.2 Å². The van der Waals surface area contributed by atoms with Gasteiger partial charge in [0.05, 0.1) is 7.11 Å². The number of ether oxygens (including phenoxy) is 1. The van der Waals surface area contributed by atoms with Gasteiger partial charge >= 0.3 is 0 Å². The maximum atomic E-state index is 12.7. The minimum Gasteiger partial charge on any atom is -0.497 e. The molecule has 2 aliphatic rings. The van der Waals surface area contributed by atoms with Crippen molar-refractivity contribution in [3.8, 4) is 5.75 Å². The van der Waals surface area contributed by atoms with E-state index in [2.05, 4.69) is 5.32 Å². The van der Waals surface area contributed by atoms with Crippen LogP contribution in [0, 0.1) is 5.41 Å². The minimum atomic E-state index is -0.788. The SMILES string of the molecule is COc1ccc(CNC(=O)C2(C(=O)N3CCCCC3)CC2)cc1. The van der Waals surface area contributed by atoms with Crippen molar-refractivity contribution >= 4 is 11.8 Å². The largest absolute Gasteiger partial charge is 0.497 e. The monoisotopic (exact) mass is 316 g/mol. The van der Waals surface area contributed by atoms with Crippen LogP contribution in [0.4, 0.5) is 0 Å². The molecule has 3 rings (SSSR count). The Balaban J connectivity index is 1.57. The zero-order valence-corrected chi connectivity index (χ0v) is 13.6. The van der Waals surface area contributed by atoms with E-state index in [1.54, 1.807) is 7.11 Å². The molecule has 0 bridgehead atoms. The quantitative estimate of drug-likeness (QED) is 0.846. The predicted octanol–water partition coefficient (Wildman–Crippen LogP) is 2.10. The predicted molar refractivity (Wildman–Crippen MR) is 86.9 cm³/mol. The zero-order chi connectivity index (χ0) is 16.3.